The van der Waals surface area contributed by atoms with E-state index in [1.54, 1.807) is 17.4 Å². The van der Waals surface area contributed by atoms with Gasteiger partial charge >= 0.3 is 5.97 Å². The molecule has 1 heterocycles. The van der Waals surface area contributed by atoms with Crippen LogP contribution in [0, 0.1) is 12.8 Å². The highest BCUT2D eigenvalue weighted by Crippen LogP contribution is 2.32. The molecule has 5 heteroatoms. The van der Waals surface area contributed by atoms with E-state index in [2.05, 4.69) is 5.32 Å². The SMILES string of the molecule is Cc1ccsc1/C=C/C(=O)NC(C(=O)O)C1CC1. The third-order valence-corrected chi connectivity index (χ3v) is 3.93. The van der Waals surface area contributed by atoms with Gasteiger partial charge in [-0.2, -0.15) is 0 Å². The van der Waals surface area contributed by atoms with Gasteiger partial charge < -0.3 is 10.4 Å². The summed E-state index contributed by atoms with van der Waals surface area (Å²) in [6.07, 6.45) is 4.88. The molecule has 2 rings (SSSR count). The van der Waals surface area contributed by atoms with Crippen molar-refractivity contribution in [3.8, 4) is 0 Å². The van der Waals surface area contributed by atoms with Crippen molar-refractivity contribution < 1.29 is 14.7 Å². The number of thiophene rings is 1. The van der Waals surface area contributed by atoms with Crippen LogP contribution < -0.4 is 5.32 Å². The molecule has 0 bridgehead atoms. The van der Waals surface area contributed by atoms with E-state index >= 15 is 0 Å². The Kier molecular flexibility index (Phi) is 3.81. The van der Waals surface area contributed by atoms with Crippen LogP contribution in [0.2, 0.25) is 0 Å². The Labute approximate surface area is 109 Å². The lowest BCUT2D eigenvalue weighted by Gasteiger charge is -2.11. The van der Waals surface area contributed by atoms with Gasteiger partial charge in [-0.25, -0.2) is 4.79 Å². The van der Waals surface area contributed by atoms with Crippen molar-refractivity contribution in [3.05, 3.63) is 28.0 Å². The zero-order valence-corrected chi connectivity index (χ0v) is 10.9. The van der Waals surface area contributed by atoms with Crippen LogP contribution in [0.25, 0.3) is 6.08 Å². The van der Waals surface area contributed by atoms with Gasteiger partial charge in [-0.15, -0.1) is 11.3 Å². The second-order valence-electron chi connectivity index (χ2n) is 4.46. The van der Waals surface area contributed by atoms with Gasteiger partial charge in [0.2, 0.25) is 5.91 Å². The zero-order valence-electron chi connectivity index (χ0n) is 10.1. The minimum absolute atomic E-state index is 0.100. The lowest BCUT2D eigenvalue weighted by molar-refractivity contribution is -0.141. The van der Waals surface area contributed by atoms with Gasteiger partial charge in [0.1, 0.15) is 6.04 Å². The van der Waals surface area contributed by atoms with E-state index in [1.165, 1.54) is 6.08 Å². The molecule has 1 amide bonds. The summed E-state index contributed by atoms with van der Waals surface area (Å²) in [6, 6.07) is 1.23. The summed E-state index contributed by atoms with van der Waals surface area (Å²) in [5, 5.41) is 13.5. The van der Waals surface area contributed by atoms with E-state index in [9.17, 15) is 9.59 Å². The molecule has 1 aromatic heterocycles. The van der Waals surface area contributed by atoms with E-state index in [1.807, 2.05) is 18.4 Å². The number of rotatable bonds is 5. The number of hydrogen-bond donors (Lipinski definition) is 2. The predicted molar refractivity (Wildman–Crippen MR) is 70.4 cm³/mol. The third kappa shape index (κ3) is 3.20. The average Bonchev–Trinajstić information content (AvgIpc) is 3.07. The highest BCUT2D eigenvalue weighted by Gasteiger charge is 2.36. The lowest BCUT2D eigenvalue weighted by atomic mass is 10.2. The minimum atomic E-state index is -0.952. The average molecular weight is 265 g/mol. The minimum Gasteiger partial charge on any atom is -0.480 e. The van der Waals surface area contributed by atoms with Crippen molar-refractivity contribution in [2.45, 2.75) is 25.8 Å². The molecule has 96 valence electrons. The summed E-state index contributed by atoms with van der Waals surface area (Å²) in [6.45, 7) is 1.97. The first-order valence-electron chi connectivity index (χ1n) is 5.83. The number of amides is 1. The predicted octanol–water partition coefficient (Wildman–Crippen LogP) is 2.05. The molecule has 0 aliphatic heterocycles. The second-order valence-corrected chi connectivity index (χ2v) is 5.41. The fourth-order valence-electron chi connectivity index (χ4n) is 1.72. The molecule has 18 heavy (non-hydrogen) atoms. The number of carboxylic acid groups (broad SMARTS) is 1. The topological polar surface area (TPSA) is 66.4 Å². The van der Waals surface area contributed by atoms with Gasteiger partial charge in [0.15, 0.2) is 0 Å². The van der Waals surface area contributed by atoms with Crippen molar-refractivity contribution in [1.82, 2.24) is 5.32 Å². The van der Waals surface area contributed by atoms with Gasteiger partial charge in [0, 0.05) is 11.0 Å². The largest absolute Gasteiger partial charge is 0.480 e. The highest BCUT2D eigenvalue weighted by molar-refractivity contribution is 7.11. The smallest absolute Gasteiger partial charge is 0.326 e. The van der Waals surface area contributed by atoms with Gasteiger partial charge in [0.25, 0.3) is 0 Å². The third-order valence-electron chi connectivity index (χ3n) is 2.95. The molecule has 1 aliphatic rings. The number of aliphatic carboxylic acids is 1. The van der Waals surface area contributed by atoms with Crippen LogP contribution in [0.1, 0.15) is 23.3 Å². The van der Waals surface area contributed by atoms with Crippen molar-refractivity contribution >= 4 is 29.3 Å². The Balaban J connectivity index is 1.93. The first-order chi connectivity index (χ1) is 8.58. The van der Waals surface area contributed by atoms with Crippen LogP contribution in [0.4, 0.5) is 0 Å². The van der Waals surface area contributed by atoms with Crippen molar-refractivity contribution in [2.24, 2.45) is 5.92 Å². The van der Waals surface area contributed by atoms with E-state index in [0.717, 1.165) is 23.3 Å². The number of aryl methyl sites for hydroxylation is 1. The summed E-state index contributed by atoms with van der Waals surface area (Å²) < 4.78 is 0. The fraction of sp³-hybridized carbons (Fsp3) is 0.385. The summed E-state index contributed by atoms with van der Waals surface area (Å²) in [7, 11) is 0. The van der Waals surface area contributed by atoms with Gasteiger partial charge in [-0.1, -0.05) is 0 Å². The molecule has 1 fully saturated rings. The Morgan fingerprint density at radius 3 is 2.78 bits per heavy atom. The molecular formula is C13H15NO3S. The quantitative estimate of drug-likeness (QED) is 0.801. The first-order valence-corrected chi connectivity index (χ1v) is 6.71. The summed E-state index contributed by atoms with van der Waals surface area (Å²) in [5.41, 5.74) is 1.11. The first kappa shape index (κ1) is 12.8. The number of nitrogens with one attached hydrogen (secondary N) is 1. The zero-order chi connectivity index (χ0) is 13.1. The number of hydrogen-bond acceptors (Lipinski definition) is 3. The second kappa shape index (κ2) is 5.35. The number of carbonyl (C=O) groups excluding carboxylic acids is 1. The van der Waals surface area contributed by atoms with Crippen LogP contribution in [-0.4, -0.2) is 23.0 Å². The number of carbonyl (C=O) groups is 2. The number of carboxylic acids is 1. The Morgan fingerprint density at radius 1 is 1.56 bits per heavy atom. The molecule has 2 N–H and O–H groups in total. The monoisotopic (exact) mass is 265 g/mol. The molecule has 1 aliphatic carbocycles. The maximum atomic E-state index is 11.6. The molecule has 0 spiro atoms. The molecule has 1 atom stereocenters. The van der Waals surface area contributed by atoms with E-state index in [0.29, 0.717) is 0 Å². The fourth-order valence-corrected chi connectivity index (χ4v) is 2.54. The Morgan fingerprint density at radius 2 is 2.28 bits per heavy atom. The van der Waals surface area contributed by atoms with Gasteiger partial charge in [-0.05, 0) is 48.8 Å². The summed E-state index contributed by atoms with van der Waals surface area (Å²) >= 11 is 1.55. The van der Waals surface area contributed by atoms with E-state index in [4.69, 9.17) is 5.11 Å². The van der Waals surface area contributed by atoms with Crippen LogP contribution in [0.15, 0.2) is 17.5 Å². The van der Waals surface area contributed by atoms with Crippen molar-refractivity contribution in [3.63, 3.8) is 0 Å². The molecule has 0 radical (unpaired) electrons. The van der Waals surface area contributed by atoms with E-state index < -0.39 is 12.0 Å². The molecule has 1 saturated carbocycles. The Hall–Kier alpha value is -1.62. The summed E-state index contributed by atoms with van der Waals surface area (Å²) in [5.74, 6) is -1.20. The highest BCUT2D eigenvalue weighted by atomic mass is 32.1. The molecule has 0 saturated heterocycles. The molecule has 1 unspecified atom stereocenters. The maximum absolute atomic E-state index is 11.6. The van der Waals surface area contributed by atoms with Gasteiger partial charge in [0.05, 0.1) is 0 Å². The molecule has 0 aromatic carbocycles. The molecule has 1 aromatic rings. The summed E-state index contributed by atoms with van der Waals surface area (Å²) in [4.78, 5) is 23.6. The van der Waals surface area contributed by atoms with Crippen LogP contribution >= 0.6 is 11.3 Å². The van der Waals surface area contributed by atoms with Crippen LogP contribution in [0.3, 0.4) is 0 Å². The lowest BCUT2D eigenvalue weighted by Crippen LogP contribution is -2.41. The van der Waals surface area contributed by atoms with Crippen molar-refractivity contribution in [2.75, 3.05) is 0 Å². The standard InChI is InChI=1S/C13H15NO3S/c1-8-6-7-18-10(8)4-5-11(15)14-12(13(16)17)9-2-3-9/h4-7,9,12H,2-3H2,1H3,(H,14,15)(H,16,17)/b5-4+. The Bertz CT molecular complexity index is 488. The normalized spacial score (nSPS) is 16.7. The van der Waals surface area contributed by atoms with Crippen LogP contribution in [0.5, 0.6) is 0 Å². The van der Waals surface area contributed by atoms with E-state index in [-0.39, 0.29) is 11.8 Å². The van der Waals surface area contributed by atoms with Gasteiger partial charge in [-0.3, -0.25) is 4.79 Å². The molecular weight excluding hydrogens is 250 g/mol. The van der Waals surface area contributed by atoms with Crippen LogP contribution in [-0.2, 0) is 9.59 Å². The van der Waals surface area contributed by atoms with Crippen molar-refractivity contribution in [1.29, 1.82) is 0 Å². The maximum Gasteiger partial charge on any atom is 0.326 e. The molecule has 4 nitrogen and oxygen atoms in total.